The molecule has 0 aromatic carbocycles. The summed E-state index contributed by atoms with van der Waals surface area (Å²) in [5.74, 6) is -0.431. The third-order valence-electron chi connectivity index (χ3n) is 2.08. The van der Waals surface area contributed by atoms with Gasteiger partial charge in [0.25, 0.3) is 0 Å². The highest BCUT2D eigenvalue weighted by Crippen LogP contribution is 2.08. The Kier molecular flexibility index (Phi) is 8.46. The fourth-order valence-corrected chi connectivity index (χ4v) is 1.26. The van der Waals surface area contributed by atoms with E-state index in [9.17, 15) is 4.79 Å². The van der Waals surface area contributed by atoms with Crippen LogP contribution in [0.2, 0.25) is 0 Å². The van der Waals surface area contributed by atoms with Crippen LogP contribution in [0.1, 0.15) is 46.0 Å². The predicted octanol–water partition coefficient (Wildman–Crippen LogP) is 2.97. The smallest absolute Gasteiger partial charge is 0.331 e. The van der Waals surface area contributed by atoms with Gasteiger partial charge in [-0.3, -0.25) is 0 Å². The van der Waals surface area contributed by atoms with Crippen LogP contribution in [-0.4, -0.2) is 12.1 Å². The number of allylic oxidation sites excluding steroid dienone is 1. The first-order valence-corrected chi connectivity index (χ1v) is 5.47. The number of unbranched alkanes of at least 4 members (excludes halogenated alkanes) is 3. The van der Waals surface area contributed by atoms with Crippen LogP contribution in [0.4, 0.5) is 0 Å². The maximum absolute atomic E-state index is 11.0. The summed E-state index contributed by atoms with van der Waals surface area (Å²) in [6.07, 6.45) is 7.84. The van der Waals surface area contributed by atoms with Crippen LogP contribution in [-0.2, 0) is 9.53 Å². The fourth-order valence-electron chi connectivity index (χ4n) is 1.26. The molecule has 0 rings (SSSR count). The van der Waals surface area contributed by atoms with Crippen molar-refractivity contribution in [3.63, 3.8) is 0 Å². The van der Waals surface area contributed by atoms with Crippen LogP contribution in [0.3, 0.4) is 0 Å². The molecule has 0 radical (unpaired) electrons. The Morgan fingerprint density at radius 2 is 2.20 bits per heavy atom. The summed E-state index contributed by atoms with van der Waals surface area (Å²) in [5.41, 5.74) is 0. The molecule has 0 aliphatic carbocycles. The van der Waals surface area contributed by atoms with Crippen molar-refractivity contribution in [3.8, 4) is 6.07 Å². The molecule has 3 heteroatoms. The summed E-state index contributed by atoms with van der Waals surface area (Å²) in [5, 5.41) is 8.21. The highest BCUT2D eigenvalue weighted by molar-refractivity contribution is 5.82. The summed E-state index contributed by atoms with van der Waals surface area (Å²) in [4.78, 5) is 11.0. The molecule has 0 spiro atoms. The van der Waals surface area contributed by atoms with Crippen molar-refractivity contribution in [1.29, 1.82) is 5.26 Å². The summed E-state index contributed by atoms with van der Waals surface area (Å²) in [7, 11) is 0. The average molecular weight is 209 g/mol. The van der Waals surface area contributed by atoms with Gasteiger partial charge in [0.1, 0.15) is 0 Å². The van der Waals surface area contributed by atoms with Gasteiger partial charge >= 0.3 is 5.97 Å². The first-order chi connectivity index (χ1) is 7.20. The van der Waals surface area contributed by atoms with E-state index in [0.29, 0.717) is 0 Å². The monoisotopic (exact) mass is 209 g/mol. The molecule has 0 bridgehead atoms. The Hall–Kier alpha value is -1.30. The number of carbonyl (C=O) groups is 1. The van der Waals surface area contributed by atoms with E-state index in [0.717, 1.165) is 25.0 Å². The molecule has 0 fully saturated rings. The van der Waals surface area contributed by atoms with Crippen molar-refractivity contribution >= 4 is 5.97 Å². The first-order valence-electron chi connectivity index (χ1n) is 5.47. The van der Waals surface area contributed by atoms with Gasteiger partial charge < -0.3 is 4.74 Å². The number of hydrogen-bond donors (Lipinski definition) is 0. The van der Waals surface area contributed by atoms with Crippen molar-refractivity contribution in [2.24, 2.45) is 0 Å². The second kappa shape index (κ2) is 9.26. The van der Waals surface area contributed by atoms with Gasteiger partial charge in [0.15, 0.2) is 0 Å². The molecular weight excluding hydrogens is 190 g/mol. The molecule has 0 amide bonds. The van der Waals surface area contributed by atoms with Gasteiger partial charge in [-0.1, -0.05) is 26.2 Å². The molecule has 0 saturated heterocycles. The van der Waals surface area contributed by atoms with Gasteiger partial charge in [0.2, 0.25) is 0 Å². The molecule has 84 valence electrons. The number of nitriles is 1. The minimum absolute atomic E-state index is 0.0577. The summed E-state index contributed by atoms with van der Waals surface area (Å²) >= 11 is 0. The van der Waals surface area contributed by atoms with Gasteiger partial charge in [0, 0.05) is 12.2 Å². The molecule has 0 N–H and O–H groups in total. The maximum Gasteiger partial charge on any atom is 0.331 e. The van der Waals surface area contributed by atoms with Gasteiger partial charge in [-0.2, -0.15) is 5.26 Å². The van der Waals surface area contributed by atoms with Crippen LogP contribution in [0, 0.1) is 11.3 Å². The number of rotatable bonds is 7. The van der Waals surface area contributed by atoms with Gasteiger partial charge in [0.05, 0.1) is 12.2 Å². The Morgan fingerprint density at radius 3 is 2.80 bits per heavy atom. The number of carbonyl (C=O) groups excluding carboxylic acids is 1. The minimum atomic E-state index is -0.431. The second-order valence-electron chi connectivity index (χ2n) is 3.56. The Bertz CT molecular complexity index is 240. The molecule has 0 aliphatic rings. The topological polar surface area (TPSA) is 50.1 Å². The molecule has 0 saturated carbocycles. The Morgan fingerprint density at radius 1 is 1.47 bits per heavy atom. The predicted molar refractivity (Wildman–Crippen MR) is 59.1 cm³/mol. The lowest BCUT2D eigenvalue weighted by molar-refractivity contribution is -0.142. The van der Waals surface area contributed by atoms with E-state index in [1.54, 1.807) is 6.07 Å². The molecule has 0 unspecified atom stereocenters. The lowest BCUT2D eigenvalue weighted by Gasteiger charge is -2.10. The van der Waals surface area contributed by atoms with E-state index in [-0.39, 0.29) is 6.10 Å². The number of ether oxygens (including phenoxy) is 1. The lowest BCUT2D eigenvalue weighted by atomic mass is 10.1. The number of hydrogen-bond acceptors (Lipinski definition) is 3. The summed E-state index contributed by atoms with van der Waals surface area (Å²) < 4.78 is 5.06. The third-order valence-corrected chi connectivity index (χ3v) is 2.08. The Balaban J connectivity index is 3.56. The van der Waals surface area contributed by atoms with E-state index in [4.69, 9.17) is 10.00 Å². The maximum atomic E-state index is 11.0. The highest BCUT2D eigenvalue weighted by atomic mass is 16.5. The molecule has 0 aromatic rings. The SMILES string of the molecule is CCCCCC[C@@H](C)OC(=O)/C=C/C#N. The summed E-state index contributed by atoms with van der Waals surface area (Å²) in [6, 6.07) is 1.75. The van der Waals surface area contributed by atoms with Crippen molar-refractivity contribution < 1.29 is 9.53 Å². The van der Waals surface area contributed by atoms with E-state index in [1.165, 1.54) is 19.3 Å². The van der Waals surface area contributed by atoms with Crippen molar-refractivity contribution in [2.45, 2.75) is 52.1 Å². The van der Waals surface area contributed by atoms with E-state index in [2.05, 4.69) is 6.92 Å². The zero-order valence-electron chi connectivity index (χ0n) is 9.53. The molecule has 1 atom stereocenters. The average Bonchev–Trinajstić information content (AvgIpc) is 2.21. The molecule has 0 aliphatic heterocycles. The van der Waals surface area contributed by atoms with Gasteiger partial charge in [-0.15, -0.1) is 0 Å². The van der Waals surface area contributed by atoms with Crippen LogP contribution < -0.4 is 0 Å². The number of esters is 1. The van der Waals surface area contributed by atoms with Crippen LogP contribution in [0.25, 0.3) is 0 Å². The van der Waals surface area contributed by atoms with Crippen LogP contribution in [0.5, 0.6) is 0 Å². The van der Waals surface area contributed by atoms with Crippen LogP contribution in [0.15, 0.2) is 12.2 Å². The molecule has 15 heavy (non-hydrogen) atoms. The van der Waals surface area contributed by atoms with Crippen molar-refractivity contribution in [1.82, 2.24) is 0 Å². The van der Waals surface area contributed by atoms with Crippen molar-refractivity contribution in [3.05, 3.63) is 12.2 Å². The normalized spacial score (nSPS) is 12.3. The zero-order valence-corrected chi connectivity index (χ0v) is 9.53. The molecule has 0 heterocycles. The summed E-state index contributed by atoms with van der Waals surface area (Å²) in [6.45, 7) is 4.04. The standard InChI is InChI=1S/C12H19NO2/c1-3-4-5-6-8-11(2)15-12(14)9-7-10-13/h7,9,11H,3-6,8H2,1-2H3/b9-7+/t11-/m1/s1. The lowest BCUT2D eigenvalue weighted by Crippen LogP contribution is -2.12. The Labute approximate surface area is 91.7 Å². The zero-order chi connectivity index (χ0) is 11.5. The third kappa shape index (κ3) is 9.01. The molecular formula is C12H19NO2. The quantitative estimate of drug-likeness (QED) is 0.280. The van der Waals surface area contributed by atoms with E-state index >= 15 is 0 Å². The second-order valence-corrected chi connectivity index (χ2v) is 3.56. The molecule has 3 nitrogen and oxygen atoms in total. The minimum Gasteiger partial charge on any atom is -0.459 e. The van der Waals surface area contributed by atoms with Gasteiger partial charge in [-0.25, -0.2) is 4.79 Å². The van der Waals surface area contributed by atoms with Crippen molar-refractivity contribution in [2.75, 3.05) is 0 Å². The molecule has 0 aromatic heterocycles. The van der Waals surface area contributed by atoms with Crippen LogP contribution >= 0.6 is 0 Å². The van der Waals surface area contributed by atoms with E-state index in [1.807, 2.05) is 6.92 Å². The first kappa shape index (κ1) is 13.7. The number of nitrogens with zero attached hydrogens (tertiary/aromatic N) is 1. The fraction of sp³-hybridized carbons (Fsp3) is 0.667. The highest BCUT2D eigenvalue weighted by Gasteiger charge is 2.05. The van der Waals surface area contributed by atoms with E-state index < -0.39 is 5.97 Å². The largest absolute Gasteiger partial charge is 0.459 e. The van der Waals surface area contributed by atoms with Gasteiger partial charge in [-0.05, 0) is 19.8 Å².